The second-order valence-corrected chi connectivity index (χ2v) is 7.50. The summed E-state index contributed by atoms with van der Waals surface area (Å²) < 4.78 is 5.06. The number of benzene rings is 2. The van der Waals surface area contributed by atoms with Gasteiger partial charge in [-0.15, -0.1) is 0 Å². The van der Waals surface area contributed by atoms with Crippen LogP contribution in [0.4, 0.5) is 0 Å². The zero-order valence-corrected chi connectivity index (χ0v) is 15.6. The van der Waals surface area contributed by atoms with Crippen LogP contribution in [0, 0.1) is 5.92 Å². The van der Waals surface area contributed by atoms with Crippen LogP contribution in [0.1, 0.15) is 60.8 Å². The minimum Gasteiger partial charge on any atom is -0.458 e. The van der Waals surface area contributed by atoms with E-state index in [4.69, 9.17) is 4.74 Å². The Bertz CT molecular complexity index is 720. The molecule has 2 aromatic rings. The van der Waals surface area contributed by atoms with Crippen molar-refractivity contribution >= 4 is 5.97 Å². The molecule has 0 amide bonds. The molecule has 3 rings (SSSR count). The van der Waals surface area contributed by atoms with Crippen LogP contribution in [-0.2, 0) is 22.6 Å². The van der Waals surface area contributed by atoms with Gasteiger partial charge in [-0.05, 0) is 53.4 Å². The molecule has 1 saturated carbocycles. The SMILES string of the molecule is C=CC(=O)OCc1ccc(Cc2ccc(C3CCC(C)CC3)cc2)cc1. The molecule has 2 aromatic carbocycles. The van der Waals surface area contributed by atoms with Gasteiger partial charge in [0.05, 0.1) is 0 Å². The summed E-state index contributed by atoms with van der Waals surface area (Å²) >= 11 is 0. The van der Waals surface area contributed by atoms with Crippen molar-refractivity contribution < 1.29 is 9.53 Å². The number of carbonyl (C=O) groups excluding carboxylic acids is 1. The van der Waals surface area contributed by atoms with Crippen LogP contribution in [0.15, 0.2) is 61.2 Å². The molecule has 0 unspecified atom stereocenters. The fourth-order valence-corrected chi connectivity index (χ4v) is 3.70. The number of rotatable bonds is 6. The molecule has 0 saturated heterocycles. The second kappa shape index (κ2) is 8.84. The van der Waals surface area contributed by atoms with Crippen LogP contribution in [0.25, 0.3) is 0 Å². The summed E-state index contributed by atoms with van der Waals surface area (Å²) in [6.45, 7) is 6.06. The van der Waals surface area contributed by atoms with E-state index in [-0.39, 0.29) is 5.97 Å². The lowest BCUT2D eigenvalue weighted by atomic mass is 9.79. The lowest BCUT2D eigenvalue weighted by molar-refractivity contribution is -0.138. The van der Waals surface area contributed by atoms with E-state index in [0.717, 1.165) is 23.8 Å². The lowest BCUT2D eigenvalue weighted by Gasteiger charge is -2.26. The molecular weight excluding hydrogens is 320 g/mol. The van der Waals surface area contributed by atoms with Crippen molar-refractivity contribution in [2.45, 2.75) is 51.6 Å². The highest BCUT2D eigenvalue weighted by Gasteiger charge is 2.19. The summed E-state index contributed by atoms with van der Waals surface area (Å²) in [5.41, 5.74) is 5.10. The van der Waals surface area contributed by atoms with Crippen molar-refractivity contribution in [3.8, 4) is 0 Å². The fraction of sp³-hybridized carbons (Fsp3) is 0.375. The van der Waals surface area contributed by atoms with Crippen molar-refractivity contribution in [1.82, 2.24) is 0 Å². The minimum atomic E-state index is -0.387. The Morgan fingerprint density at radius 1 is 0.962 bits per heavy atom. The van der Waals surface area contributed by atoms with Gasteiger partial charge in [-0.25, -0.2) is 4.79 Å². The first-order valence-corrected chi connectivity index (χ1v) is 9.60. The van der Waals surface area contributed by atoms with E-state index in [1.807, 2.05) is 12.1 Å². The molecule has 26 heavy (non-hydrogen) atoms. The van der Waals surface area contributed by atoms with Gasteiger partial charge in [-0.1, -0.05) is 74.9 Å². The van der Waals surface area contributed by atoms with Gasteiger partial charge in [0, 0.05) is 6.08 Å². The monoisotopic (exact) mass is 348 g/mol. The molecule has 0 atom stereocenters. The Balaban J connectivity index is 1.55. The number of ether oxygens (including phenoxy) is 1. The van der Waals surface area contributed by atoms with Gasteiger partial charge in [-0.3, -0.25) is 0 Å². The van der Waals surface area contributed by atoms with E-state index < -0.39 is 0 Å². The van der Waals surface area contributed by atoms with Crippen molar-refractivity contribution in [2.75, 3.05) is 0 Å². The zero-order valence-electron chi connectivity index (χ0n) is 15.6. The van der Waals surface area contributed by atoms with Crippen LogP contribution < -0.4 is 0 Å². The minimum absolute atomic E-state index is 0.292. The number of hydrogen-bond donors (Lipinski definition) is 0. The van der Waals surface area contributed by atoms with Crippen LogP contribution >= 0.6 is 0 Å². The van der Waals surface area contributed by atoms with Crippen LogP contribution in [0.2, 0.25) is 0 Å². The predicted octanol–water partition coefficient (Wildman–Crippen LogP) is 5.80. The first kappa shape index (κ1) is 18.4. The van der Waals surface area contributed by atoms with Gasteiger partial charge in [-0.2, -0.15) is 0 Å². The first-order chi connectivity index (χ1) is 12.6. The van der Waals surface area contributed by atoms with E-state index >= 15 is 0 Å². The van der Waals surface area contributed by atoms with Crippen molar-refractivity contribution in [2.24, 2.45) is 5.92 Å². The maximum atomic E-state index is 11.1. The Kier molecular flexibility index (Phi) is 6.27. The average Bonchev–Trinajstić information content (AvgIpc) is 2.68. The van der Waals surface area contributed by atoms with Gasteiger partial charge in [0.15, 0.2) is 0 Å². The molecular formula is C24H28O2. The Hall–Kier alpha value is -2.35. The summed E-state index contributed by atoms with van der Waals surface area (Å²) in [5, 5.41) is 0. The maximum Gasteiger partial charge on any atom is 0.330 e. The largest absolute Gasteiger partial charge is 0.458 e. The third-order valence-corrected chi connectivity index (χ3v) is 5.45. The highest BCUT2D eigenvalue weighted by molar-refractivity contribution is 5.81. The summed E-state index contributed by atoms with van der Waals surface area (Å²) in [4.78, 5) is 11.1. The molecule has 2 nitrogen and oxygen atoms in total. The van der Waals surface area contributed by atoms with Crippen LogP contribution in [0.5, 0.6) is 0 Å². The lowest BCUT2D eigenvalue weighted by Crippen LogP contribution is -2.10. The Labute approximate surface area is 156 Å². The highest BCUT2D eigenvalue weighted by Crippen LogP contribution is 2.35. The Morgan fingerprint density at radius 2 is 1.50 bits per heavy atom. The number of esters is 1. The van der Waals surface area contributed by atoms with E-state index in [0.29, 0.717) is 6.61 Å². The van der Waals surface area contributed by atoms with Gasteiger partial charge >= 0.3 is 5.97 Å². The molecule has 0 heterocycles. The van der Waals surface area contributed by atoms with Gasteiger partial charge in [0.25, 0.3) is 0 Å². The van der Waals surface area contributed by atoms with Crippen molar-refractivity contribution in [3.05, 3.63) is 83.4 Å². The third-order valence-electron chi connectivity index (χ3n) is 5.45. The van der Waals surface area contributed by atoms with Crippen LogP contribution in [-0.4, -0.2) is 5.97 Å². The topological polar surface area (TPSA) is 26.3 Å². The summed E-state index contributed by atoms with van der Waals surface area (Å²) in [7, 11) is 0. The average molecular weight is 348 g/mol. The fourth-order valence-electron chi connectivity index (χ4n) is 3.70. The smallest absolute Gasteiger partial charge is 0.330 e. The van der Waals surface area contributed by atoms with Gasteiger partial charge in [0.1, 0.15) is 6.61 Å². The van der Waals surface area contributed by atoms with E-state index in [9.17, 15) is 4.79 Å². The standard InChI is InChI=1S/C24H28O2/c1-3-24(25)26-17-21-8-6-19(7-9-21)16-20-10-14-23(15-11-20)22-12-4-18(2)5-13-22/h3,6-11,14-15,18,22H,1,4-5,12-13,16-17H2,2H3. The van der Waals surface area contributed by atoms with Crippen LogP contribution in [0.3, 0.4) is 0 Å². The molecule has 2 heteroatoms. The van der Waals surface area contributed by atoms with Gasteiger partial charge in [0.2, 0.25) is 0 Å². The second-order valence-electron chi connectivity index (χ2n) is 7.50. The quantitative estimate of drug-likeness (QED) is 0.487. The molecule has 1 aliphatic carbocycles. The van der Waals surface area contributed by atoms with E-state index in [1.165, 1.54) is 48.4 Å². The first-order valence-electron chi connectivity index (χ1n) is 9.60. The molecule has 0 bridgehead atoms. The van der Waals surface area contributed by atoms with E-state index in [1.54, 1.807) is 0 Å². The van der Waals surface area contributed by atoms with Crippen molar-refractivity contribution in [3.63, 3.8) is 0 Å². The molecule has 0 aliphatic heterocycles. The third kappa shape index (κ3) is 5.08. The predicted molar refractivity (Wildman–Crippen MR) is 106 cm³/mol. The number of carbonyl (C=O) groups is 1. The zero-order chi connectivity index (χ0) is 18.4. The molecule has 0 spiro atoms. The van der Waals surface area contributed by atoms with E-state index in [2.05, 4.69) is 49.9 Å². The summed E-state index contributed by atoms with van der Waals surface area (Å²) in [5.74, 6) is 1.26. The Morgan fingerprint density at radius 3 is 2.08 bits per heavy atom. The maximum absolute atomic E-state index is 11.1. The normalized spacial score (nSPS) is 19.7. The number of hydrogen-bond acceptors (Lipinski definition) is 2. The molecule has 0 aromatic heterocycles. The highest BCUT2D eigenvalue weighted by atomic mass is 16.5. The molecule has 136 valence electrons. The molecule has 0 radical (unpaired) electrons. The van der Waals surface area contributed by atoms with Crippen molar-refractivity contribution in [1.29, 1.82) is 0 Å². The molecule has 0 N–H and O–H groups in total. The summed E-state index contributed by atoms with van der Waals surface area (Å²) in [6.07, 6.45) is 7.50. The molecule has 1 fully saturated rings. The molecule has 1 aliphatic rings. The van der Waals surface area contributed by atoms with Gasteiger partial charge < -0.3 is 4.74 Å². The summed E-state index contributed by atoms with van der Waals surface area (Å²) in [6, 6.07) is 17.4.